The molecule has 2 amide bonds. The highest BCUT2D eigenvalue weighted by atomic mass is 16.2. The minimum Gasteiger partial charge on any atom is -0.333 e. The number of hydrogen-bond acceptors (Lipinski definition) is 3. The standard InChI is InChI=1S/C29H36N4O2/c1-20(2)18-32(29(35)24-15-9-10-16-24)19-26(34)30-28-27(23-13-6-5-7-14-23)22(4)31-33(28)25-17-11-8-12-21(25)3/h5-8,11-14,17,20,24H,9-10,15-16,18-19H2,1-4H3,(H,30,34). The topological polar surface area (TPSA) is 67.2 Å². The van der Waals surface area contributed by atoms with Gasteiger partial charge in [0.25, 0.3) is 0 Å². The van der Waals surface area contributed by atoms with Crippen LogP contribution in [0.1, 0.15) is 50.8 Å². The van der Waals surface area contributed by atoms with E-state index < -0.39 is 0 Å². The van der Waals surface area contributed by atoms with E-state index in [1.807, 2.05) is 73.1 Å². The van der Waals surface area contributed by atoms with E-state index in [0.29, 0.717) is 12.4 Å². The summed E-state index contributed by atoms with van der Waals surface area (Å²) in [5.41, 5.74) is 4.67. The van der Waals surface area contributed by atoms with Gasteiger partial charge in [-0.1, -0.05) is 75.2 Å². The Morgan fingerprint density at radius 2 is 1.69 bits per heavy atom. The molecule has 0 spiro atoms. The zero-order chi connectivity index (χ0) is 24.9. The van der Waals surface area contributed by atoms with E-state index in [-0.39, 0.29) is 30.2 Å². The Bertz CT molecular complexity index is 1180. The van der Waals surface area contributed by atoms with Crippen molar-refractivity contribution in [1.82, 2.24) is 14.7 Å². The molecule has 1 aliphatic rings. The van der Waals surface area contributed by atoms with Gasteiger partial charge < -0.3 is 10.2 Å². The Morgan fingerprint density at radius 1 is 1.03 bits per heavy atom. The van der Waals surface area contributed by atoms with Crippen LogP contribution in [-0.4, -0.2) is 39.6 Å². The lowest BCUT2D eigenvalue weighted by Crippen LogP contribution is -2.43. The SMILES string of the molecule is Cc1ccccc1-n1nc(C)c(-c2ccccc2)c1NC(=O)CN(CC(C)C)C(=O)C1CCCC1. The van der Waals surface area contributed by atoms with E-state index in [1.54, 1.807) is 4.90 Å². The molecule has 0 bridgehead atoms. The minimum absolute atomic E-state index is 0.0414. The number of aromatic nitrogens is 2. The van der Waals surface area contributed by atoms with Crippen LogP contribution in [0.3, 0.4) is 0 Å². The number of aryl methyl sites for hydroxylation is 2. The fraction of sp³-hybridized carbons (Fsp3) is 0.414. The first kappa shape index (κ1) is 24.7. The van der Waals surface area contributed by atoms with Gasteiger partial charge >= 0.3 is 0 Å². The van der Waals surface area contributed by atoms with Gasteiger partial charge in [0.1, 0.15) is 5.82 Å². The number of amides is 2. The van der Waals surface area contributed by atoms with Crippen LogP contribution < -0.4 is 5.32 Å². The monoisotopic (exact) mass is 472 g/mol. The Kier molecular flexibility index (Phi) is 7.69. The number of carbonyl (C=O) groups is 2. The quantitative estimate of drug-likeness (QED) is 0.453. The number of nitrogens with one attached hydrogen (secondary N) is 1. The van der Waals surface area contributed by atoms with Gasteiger partial charge in [0.2, 0.25) is 11.8 Å². The molecule has 35 heavy (non-hydrogen) atoms. The molecule has 1 heterocycles. The number of anilines is 1. The van der Waals surface area contributed by atoms with Crippen molar-refractivity contribution in [2.45, 2.75) is 53.4 Å². The summed E-state index contributed by atoms with van der Waals surface area (Å²) in [6.07, 6.45) is 4.03. The maximum absolute atomic E-state index is 13.4. The third-order valence-corrected chi connectivity index (χ3v) is 6.66. The summed E-state index contributed by atoms with van der Waals surface area (Å²) in [5.74, 6) is 0.863. The highest BCUT2D eigenvalue weighted by Crippen LogP contribution is 2.34. The van der Waals surface area contributed by atoms with Crippen LogP contribution in [0.2, 0.25) is 0 Å². The number of para-hydroxylation sites is 1. The maximum atomic E-state index is 13.4. The van der Waals surface area contributed by atoms with Gasteiger partial charge in [0.15, 0.2) is 0 Å². The molecular formula is C29H36N4O2. The maximum Gasteiger partial charge on any atom is 0.245 e. The van der Waals surface area contributed by atoms with Gasteiger partial charge in [-0.2, -0.15) is 5.10 Å². The van der Waals surface area contributed by atoms with E-state index in [0.717, 1.165) is 53.8 Å². The van der Waals surface area contributed by atoms with Gasteiger partial charge in [-0.05, 0) is 49.8 Å². The summed E-state index contributed by atoms with van der Waals surface area (Å²) in [7, 11) is 0. The van der Waals surface area contributed by atoms with Gasteiger partial charge in [-0.3, -0.25) is 9.59 Å². The second-order valence-corrected chi connectivity index (χ2v) is 10.0. The molecule has 6 nitrogen and oxygen atoms in total. The molecule has 0 saturated heterocycles. The highest BCUT2D eigenvalue weighted by Gasteiger charge is 2.29. The van der Waals surface area contributed by atoms with E-state index in [9.17, 15) is 9.59 Å². The van der Waals surface area contributed by atoms with Gasteiger partial charge in [-0.25, -0.2) is 4.68 Å². The number of carbonyl (C=O) groups excluding carboxylic acids is 2. The summed E-state index contributed by atoms with van der Waals surface area (Å²) in [6, 6.07) is 18.0. The predicted molar refractivity (Wildman–Crippen MR) is 140 cm³/mol. The van der Waals surface area contributed by atoms with E-state index in [2.05, 4.69) is 19.2 Å². The van der Waals surface area contributed by atoms with E-state index in [1.165, 1.54) is 0 Å². The number of hydrogen-bond donors (Lipinski definition) is 1. The molecule has 1 aliphatic carbocycles. The minimum atomic E-state index is -0.205. The predicted octanol–water partition coefficient (Wildman–Crippen LogP) is 5.77. The Morgan fingerprint density at radius 3 is 2.34 bits per heavy atom. The number of benzene rings is 2. The molecule has 0 atom stereocenters. The third-order valence-electron chi connectivity index (χ3n) is 6.66. The van der Waals surface area contributed by atoms with E-state index >= 15 is 0 Å². The highest BCUT2D eigenvalue weighted by molar-refractivity contribution is 5.98. The molecule has 1 N–H and O–H groups in total. The molecule has 3 aromatic rings. The summed E-state index contributed by atoms with van der Waals surface area (Å²) in [4.78, 5) is 28.4. The van der Waals surface area contributed by atoms with Crippen molar-refractivity contribution >= 4 is 17.6 Å². The molecule has 4 rings (SSSR count). The summed E-state index contributed by atoms with van der Waals surface area (Å²) < 4.78 is 1.82. The van der Waals surface area contributed by atoms with Crippen molar-refractivity contribution in [2.75, 3.05) is 18.4 Å². The lowest BCUT2D eigenvalue weighted by molar-refractivity contribution is -0.138. The van der Waals surface area contributed by atoms with Gasteiger partial charge in [0, 0.05) is 18.0 Å². The lowest BCUT2D eigenvalue weighted by Gasteiger charge is -2.27. The molecule has 0 unspecified atom stereocenters. The Hall–Kier alpha value is -3.41. The van der Waals surface area contributed by atoms with Crippen LogP contribution >= 0.6 is 0 Å². The fourth-order valence-electron chi connectivity index (χ4n) is 5.02. The first-order chi connectivity index (χ1) is 16.8. The summed E-state index contributed by atoms with van der Waals surface area (Å²) in [6.45, 7) is 8.77. The van der Waals surface area contributed by atoms with Crippen molar-refractivity contribution in [1.29, 1.82) is 0 Å². The first-order valence-corrected chi connectivity index (χ1v) is 12.6. The first-order valence-electron chi connectivity index (χ1n) is 12.6. The van der Waals surface area contributed by atoms with Crippen LogP contribution in [0.4, 0.5) is 5.82 Å². The molecule has 2 aromatic carbocycles. The third kappa shape index (κ3) is 5.64. The molecule has 1 saturated carbocycles. The Labute approximate surface area is 208 Å². The second-order valence-electron chi connectivity index (χ2n) is 10.0. The fourth-order valence-corrected chi connectivity index (χ4v) is 5.02. The van der Waals surface area contributed by atoms with Crippen molar-refractivity contribution < 1.29 is 9.59 Å². The molecule has 0 aliphatic heterocycles. The van der Waals surface area contributed by atoms with Crippen LogP contribution in [0.5, 0.6) is 0 Å². The molecule has 184 valence electrons. The van der Waals surface area contributed by atoms with Crippen LogP contribution in [0.25, 0.3) is 16.8 Å². The lowest BCUT2D eigenvalue weighted by atomic mass is 10.1. The summed E-state index contributed by atoms with van der Waals surface area (Å²) in [5, 5.41) is 7.96. The van der Waals surface area contributed by atoms with Crippen molar-refractivity contribution in [3.63, 3.8) is 0 Å². The zero-order valence-corrected chi connectivity index (χ0v) is 21.3. The van der Waals surface area contributed by atoms with E-state index in [4.69, 9.17) is 5.10 Å². The summed E-state index contributed by atoms with van der Waals surface area (Å²) >= 11 is 0. The van der Waals surface area contributed by atoms with Crippen LogP contribution in [-0.2, 0) is 9.59 Å². The largest absolute Gasteiger partial charge is 0.333 e. The zero-order valence-electron chi connectivity index (χ0n) is 21.3. The van der Waals surface area contributed by atoms with Crippen LogP contribution in [0.15, 0.2) is 54.6 Å². The smallest absolute Gasteiger partial charge is 0.245 e. The number of rotatable bonds is 8. The molecule has 6 heteroatoms. The molecule has 0 radical (unpaired) electrons. The number of nitrogens with zero attached hydrogens (tertiary/aromatic N) is 3. The van der Waals surface area contributed by atoms with Gasteiger partial charge in [0.05, 0.1) is 17.9 Å². The molecular weight excluding hydrogens is 436 g/mol. The normalized spacial score (nSPS) is 13.9. The second kappa shape index (κ2) is 10.9. The Balaban J connectivity index is 1.68. The molecule has 1 fully saturated rings. The van der Waals surface area contributed by atoms with Crippen molar-refractivity contribution in [3.05, 3.63) is 65.9 Å². The average molecular weight is 473 g/mol. The van der Waals surface area contributed by atoms with Crippen LogP contribution in [0, 0.1) is 25.7 Å². The average Bonchev–Trinajstić information content (AvgIpc) is 3.47. The van der Waals surface area contributed by atoms with Crippen molar-refractivity contribution in [3.8, 4) is 16.8 Å². The van der Waals surface area contributed by atoms with Gasteiger partial charge in [-0.15, -0.1) is 0 Å². The molecule has 1 aromatic heterocycles. The van der Waals surface area contributed by atoms with Crippen molar-refractivity contribution in [2.24, 2.45) is 11.8 Å².